The summed E-state index contributed by atoms with van der Waals surface area (Å²) in [6.07, 6.45) is 1.91. The maximum Gasteiger partial charge on any atom is 0.425 e. The van der Waals surface area contributed by atoms with E-state index in [1.54, 1.807) is 48.5 Å². The highest BCUT2D eigenvalue weighted by Crippen LogP contribution is 2.32. The van der Waals surface area contributed by atoms with Gasteiger partial charge in [0.15, 0.2) is 23.2 Å². The summed E-state index contributed by atoms with van der Waals surface area (Å²) < 4.78 is 46.4. The molecule has 1 aromatic carbocycles. The number of amides is 2. The van der Waals surface area contributed by atoms with Crippen LogP contribution in [0.15, 0.2) is 42.9 Å². The molecule has 0 atom stereocenters. The largest absolute Gasteiger partial charge is 0.452 e. The van der Waals surface area contributed by atoms with Gasteiger partial charge in [-0.05, 0) is 89.4 Å². The molecule has 2 aromatic heterocycles. The molecule has 3 aromatic rings. The molecule has 0 aliphatic heterocycles. The lowest BCUT2D eigenvalue weighted by Gasteiger charge is -2.28. The summed E-state index contributed by atoms with van der Waals surface area (Å²) in [4.78, 5) is 34.4. The molecule has 0 saturated carbocycles. The van der Waals surface area contributed by atoms with E-state index in [9.17, 15) is 14.0 Å². The van der Waals surface area contributed by atoms with Crippen LogP contribution in [0.1, 0.15) is 58.2 Å². The first-order valence-corrected chi connectivity index (χ1v) is 12.4. The molecule has 0 unspecified atom stereocenters. The third-order valence-electron chi connectivity index (χ3n) is 5.08. The zero-order chi connectivity index (χ0) is 29.1. The predicted molar refractivity (Wildman–Crippen MR) is 142 cm³/mol. The lowest BCUT2D eigenvalue weighted by molar-refractivity contribution is 0.0427. The molecule has 0 aliphatic rings. The third kappa shape index (κ3) is 7.86. The van der Waals surface area contributed by atoms with Crippen molar-refractivity contribution in [3.05, 3.63) is 76.2 Å². The number of pyridine rings is 2. The van der Waals surface area contributed by atoms with E-state index in [0.29, 0.717) is 16.0 Å². The summed E-state index contributed by atoms with van der Waals surface area (Å²) in [6.45, 7) is 11.4. The van der Waals surface area contributed by atoms with Gasteiger partial charge in [0.05, 0.1) is 6.20 Å². The Balaban J connectivity index is 1.97. The molecule has 0 N–H and O–H groups in total. The standard InChI is InChI=1S/C28H30ClF2N3O5/c1-16-18(14-32-15-22(16)37-21-9-8-19(29)13-20(21)30)12-17-10-11-33-24(23(17)31)34(25(35)38-27(2,3)4)26(36)39-28(5,6)7/h8-11,13-15H,12H2,1-7H3. The Morgan fingerprint density at radius 1 is 0.923 bits per heavy atom. The van der Waals surface area contributed by atoms with Crippen molar-refractivity contribution in [3.8, 4) is 11.5 Å². The van der Waals surface area contributed by atoms with Crippen LogP contribution in [0.2, 0.25) is 5.02 Å². The van der Waals surface area contributed by atoms with Crippen LogP contribution in [0, 0.1) is 18.6 Å². The normalized spacial score (nSPS) is 11.6. The molecular weight excluding hydrogens is 532 g/mol. The van der Waals surface area contributed by atoms with Crippen LogP contribution in [-0.4, -0.2) is 33.4 Å². The first-order chi connectivity index (χ1) is 18.1. The van der Waals surface area contributed by atoms with Crippen molar-refractivity contribution in [1.29, 1.82) is 0 Å². The quantitative estimate of drug-likeness (QED) is 0.314. The van der Waals surface area contributed by atoms with Crippen LogP contribution in [-0.2, 0) is 15.9 Å². The predicted octanol–water partition coefficient (Wildman–Crippen LogP) is 7.78. The smallest absolute Gasteiger partial charge is 0.425 e. The zero-order valence-corrected chi connectivity index (χ0v) is 23.5. The Morgan fingerprint density at radius 2 is 1.54 bits per heavy atom. The van der Waals surface area contributed by atoms with Crippen molar-refractivity contribution < 1.29 is 32.6 Å². The molecule has 0 radical (unpaired) electrons. The van der Waals surface area contributed by atoms with Gasteiger partial charge in [-0.2, -0.15) is 4.90 Å². The van der Waals surface area contributed by atoms with Crippen LogP contribution in [0.5, 0.6) is 11.5 Å². The van der Waals surface area contributed by atoms with Crippen LogP contribution in [0.3, 0.4) is 0 Å². The van der Waals surface area contributed by atoms with Crippen molar-refractivity contribution >= 4 is 29.6 Å². The van der Waals surface area contributed by atoms with Gasteiger partial charge in [-0.3, -0.25) is 4.98 Å². The summed E-state index contributed by atoms with van der Waals surface area (Å²) in [7, 11) is 0. The minimum atomic E-state index is -1.14. The monoisotopic (exact) mass is 561 g/mol. The molecule has 11 heteroatoms. The number of ether oxygens (including phenoxy) is 3. The number of imide groups is 1. The van der Waals surface area contributed by atoms with Gasteiger partial charge in [0, 0.05) is 23.8 Å². The summed E-state index contributed by atoms with van der Waals surface area (Å²) in [5.74, 6) is -1.95. The van der Waals surface area contributed by atoms with Crippen molar-refractivity contribution in [2.75, 3.05) is 4.90 Å². The Bertz CT molecular complexity index is 1360. The van der Waals surface area contributed by atoms with Gasteiger partial charge < -0.3 is 14.2 Å². The van der Waals surface area contributed by atoms with Crippen molar-refractivity contribution in [2.45, 2.75) is 66.1 Å². The van der Waals surface area contributed by atoms with Crippen molar-refractivity contribution in [3.63, 3.8) is 0 Å². The highest BCUT2D eigenvalue weighted by atomic mass is 35.5. The molecule has 0 spiro atoms. The van der Waals surface area contributed by atoms with E-state index in [0.717, 1.165) is 6.07 Å². The lowest BCUT2D eigenvalue weighted by Crippen LogP contribution is -2.44. The third-order valence-corrected chi connectivity index (χ3v) is 5.32. The van der Waals surface area contributed by atoms with Gasteiger partial charge in [-0.15, -0.1) is 0 Å². The van der Waals surface area contributed by atoms with Crippen LogP contribution < -0.4 is 9.64 Å². The molecule has 0 saturated heterocycles. The number of hydrogen-bond acceptors (Lipinski definition) is 7. The molecule has 0 aliphatic carbocycles. The maximum atomic E-state index is 15.8. The van der Waals surface area contributed by atoms with Gasteiger partial charge >= 0.3 is 12.2 Å². The number of hydrogen-bond donors (Lipinski definition) is 0. The van der Waals surface area contributed by atoms with E-state index >= 15 is 4.39 Å². The van der Waals surface area contributed by atoms with Crippen LogP contribution in [0.4, 0.5) is 24.2 Å². The van der Waals surface area contributed by atoms with Gasteiger partial charge in [0.1, 0.15) is 17.0 Å². The molecule has 208 valence electrons. The molecule has 3 rings (SSSR count). The zero-order valence-electron chi connectivity index (χ0n) is 22.8. The Morgan fingerprint density at radius 3 is 2.10 bits per heavy atom. The van der Waals surface area contributed by atoms with Crippen molar-refractivity contribution in [1.82, 2.24) is 9.97 Å². The topological polar surface area (TPSA) is 90.9 Å². The molecule has 39 heavy (non-hydrogen) atoms. The van der Waals surface area contributed by atoms with Gasteiger partial charge in [-0.25, -0.2) is 23.4 Å². The lowest BCUT2D eigenvalue weighted by atomic mass is 10.0. The van der Waals surface area contributed by atoms with E-state index in [1.807, 2.05) is 0 Å². The van der Waals surface area contributed by atoms with E-state index < -0.39 is 40.8 Å². The van der Waals surface area contributed by atoms with Crippen LogP contribution in [0.25, 0.3) is 0 Å². The molecule has 8 nitrogen and oxygen atoms in total. The van der Waals surface area contributed by atoms with E-state index in [4.69, 9.17) is 25.8 Å². The fraction of sp³-hybridized carbons (Fsp3) is 0.357. The summed E-state index contributed by atoms with van der Waals surface area (Å²) in [6, 6.07) is 5.41. The van der Waals surface area contributed by atoms with E-state index in [2.05, 4.69) is 9.97 Å². The first kappa shape index (κ1) is 29.8. The second-order valence-electron chi connectivity index (χ2n) is 10.7. The number of carbonyl (C=O) groups excluding carboxylic acids is 2. The number of rotatable bonds is 5. The second kappa shape index (κ2) is 11.5. The number of anilines is 1. The Kier molecular flexibility index (Phi) is 8.80. The average molecular weight is 562 g/mol. The summed E-state index contributed by atoms with van der Waals surface area (Å²) in [5, 5.41) is 0.222. The second-order valence-corrected chi connectivity index (χ2v) is 11.1. The van der Waals surface area contributed by atoms with Crippen molar-refractivity contribution in [2.24, 2.45) is 0 Å². The number of aromatic nitrogens is 2. The Labute approximate surface area is 230 Å². The van der Waals surface area contributed by atoms with Crippen LogP contribution >= 0.6 is 11.6 Å². The summed E-state index contributed by atoms with van der Waals surface area (Å²) >= 11 is 5.81. The van der Waals surface area contributed by atoms with Gasteiger partial charge in [-0.1, -0.05) is 11.6 Å². The van der Waals surface area contributed by atoms with E-state index in [1.165, 1.54) is 36.8 Å². The molecule has 2 amide bonds. The first-order valence-electron chi connectivity index (χ1n) is 12.0. The molecular formula is C28H30ClF2N3O5. The summed E-state index contributed by atoms with van der Waals surface area (Å²) in [5.41, 5.74) is -0.708. The highest BCUT2D eigenvalue weighted by molar-refractivity contribution is 6.30. The number of halogens is 3. The highest BCUT2D eigenvalue weighted by Gasteiger charge is 2.36. The number of nitrogens with zero attached hydrogens (tertiary/aromatic N) is 3. The van der Waals surface area contributed by atoms with Gasteiger partial charge in [0.25, 0.3) is 0 Å². The fourth-order valence-electron chi connectivity index (χ4n) is 3.34. The van der Waals surface area contributed by atoms with Gasteiger partial charge in [0.2, 0.25) is 0 Å². The number of carbonyl (C=O) groups is 2. The maximum absolute atomic E-state index is 15.8. The fourth-order valence-corrected chi connectivity index (χ4v) is 3.49. The minimum absolute atomic E-state index is 0.00301. The minimum Gasteiger partial charge on any atom is -0.452 e. The van der Waals surface area contributed by atoms with E-state index in [-0.39, 0.29) is 28.5 Å². The molecule has 0 fully saturated rings. The average Bonchev–Trinajstić information content (AvgIpc) is 2.78. The Hall–Kier alpha value is -3.79. The molecule has 2 heterocycles. The molecule has 0 bridgehead atoms. The SMILES string of the molecule is Cc1c(Cc2ccnc(N(C(=O)OC(C)(C)C)C(=O)OC(C)(C)C)c2F)cncc1Oc1ccc(Cl)cc1F. The number of benzene rings is 1.